The topological polar surface area (TPSA) is 55.4 Å². The monoisotopic (exact) mass is 365 g/mol. The summed E-state index contributed by atoms with van der Waals surface area (Å²) in [6.45, 7) is 3.67. The number of rotatable bonds is 5. The van der Waals surface area contributed by atoms with Crippen LogP contribution in [0.15, 0.2) is 42.5 Å². The Morgan fingerprint density at radius 2 is 1.83 bits per heavy atom. The molecule has 0 aliphatic rings. The predicted molar refractivity (Wildman–Crippen MR) is 95.9 cm³/mol. The molecule has 0 fully saturated rings. The van der Waals surface area contributed by atoms with Crippen LogP contribution < -0.4 is 5.32 Å². The fourth-order valence-electron chi connectivity index (χ4n) is 2.16. The number of amides is 1. The highest BCUT2D eigenvalue weighted by atomic mass is 35.5. The van der Waals surface area contributed by atoms with Gasteiger partial charge in [-0.3, -0.25) is 4.79 Å². The second kappa shape index (κ2) is 8.18. The van der Waals surface area contributed by atoms with E-state index in [0.29, 0.717) is 10.7 Å². The highest BCUT2D eigenvalue weighted by Gasteiger charge is 2.15. The van der Waals surface area contributed by atoms with Gasteiger partial charge in [0.25, 0.3) is 5.91 Å². The Morgan fingerprint density at radius 3 is 2.50 bits per heavy atom. The number of hydrogen-bond acceptors (Lipinski definition) is 3. The van der Waals surface area contributed by atoms with Crippen LogP contribution in [0.3, 0.4) is 0 Å². The van der Waals surface area contributed by atoms with E-state index in [4.69, 9.17) is 27.9 Å². The summed E-state index contributed by atoms with van der Waals surface area (Å²) in [5, 5.41) is 3.35. The smallest absolute Gasteiger partial charge is 0.340 e. The average molecular weight is 366 g/mol. The molecule has 1 N–H and O–H groups in total. The number of hydrogen-bond donors (Lipinski definition) is 1. The number of carbonyl (C=O) groups excluding carboxylic acids is 2. The first-order valence-corrected chi connectivity index (χ1v) is 8.15. The predicted octanol–water partition coefficient (Wildman–Crippen LogP) is 4.91. The molecule has 24 heavy (non-hydrogen) atoms. The van der Waals surface area contributed by atoms with Crippen LogP contribution in [0.5, 0.6) is 0 Å². The number of halogens is 2. The van der Waals surface area contributed by atoms with E-state index < -0.39 is 18.5 Å². The maximum atomic E-state index is 12.0. The Bertz CT molecular complexity index is 760. The molecule has 2 rings (SSSR count). The molecule has 6 heteroatoms. The van der Waals surface area contributed by atoms with Crippen molar-refractivity contribution in [2.24, 2.45) is 0 Å². The lowest BCUT2D eigenvalue weighted by Gasteiger charge is -2.13. The molecule has 0 aliphatic carbocycles. The van der Waals surface area contributed by atoms with Crippen LogP contribution in [-0.4, -0.2) is 18.5 Å². The van der Waals surface area contributed by atoms with Gasteiger partial charge in [-0.25, -0.2) is 4.79 Å². The highest BCUT2D eigenvalue weighted by Crippen LogP contribution is 2.24. The van der Waals surface area contributed by atoms with Crippen molar-refractivity contribution < 1.29 is 14.3 Å². The van der Waals surface area contributed by atoms with E-state index >= 15 is 0 Å². The van der Waals surface area contributed by atoms with Gasteiger partial charge in [-0.2, -0.15) is 0 Å². The second-order valence-corrected chi connectivity index (χ2v) is 6.33. The Morgan fingerprint density at radius 1 is 1.12 bits per heavy atom. The van der Waals surface area contributed by atoms with Crippen LogP contribution in [0.25, 0.3) is 0 Å². The summed E-state index contributed by atoms with van der Waals surface area (Å²) in [6.07, 6.45) is 0. The van der Waals surface area contributed by atoms with Gasteiger partial charge in [0, 0.05) is 10.7 Å². The van der Waals surface area contributed by atoms with Crippen molar-refractivity contribution in [2.45, 2.75) is 19.8 Å². The summed E-state index contributed by atoms with van der Waals surface area (Å²) in [6, 6.07) is 11.9. The van der Waals surface area contributed by atoms with E-state index in [9.17, 15) is 9.59 Å². The first-order valence-electron chi connectivity index (χ1n) is 7.39. The zero-order chi connectivity index (χ0) is 17.7. The summed E-state index contributed by atoms with van der Waals surface area (Å²) >= 11 is 11.7. The van der Waals surface area contributed by atoms with Crippen molar-refractivity contribution in [3.8, 4) is 0 Å². The van der Waals surface area contributed by atoms with Gasteiger partial charge in [-0.05, 0) is 35.7 Å². The molecule has 0 unspecified atom stereocenters. The van der Waals surface area contributed by atoms with Crippen LogP contribution in [0.2, 0.25) is 10.0 Å². The molecule has 0 heterocycles. The number of ether oxygens (including phenoxy) is 1. The lowest BCUT2D eigenvalue weighted by Crippen LogP contribution is -2.21. The van der Waals surface area contributed by atoms with E-state index in [2.05, 4.69) is 5.32 Å². The van der Waals surface area contributed by atoms with Gasteiger partial charge in [-0.1, -0.05) is 55.2 Å². The largest absolute Gasteiger partial charge is 0.452 e. The van der Waals surface area contributed by atoms with Crippen molar-refractivity contribution >= 4 is 40.8 Å². The van der Waals surface area contributed by atoms with Gasteiger partial charge in [0.2, 0.25) is 0 Å². The summed E-state index contributed by atoms with van der Waals surface area (Å²) in [7, 11) is 0. The molecule has 0 atom stereocenters. The molecule has 2 aromatic rings. The standard InChI is InChI=1S/C18H17Cl2NO3/c1-11(2)13-5-3-4-6-16(13)21-17(22)10-24-18(23)14-8-7-12(19)9-15(14)20/h3-9,11H,10H2,1-2H3,(H,21,22). The summed E-state index contributed by atoms with van der Waals surface area (Å²) in [5.41, 5.74) is 1.88. The molecule has 0 radical (unpaired) electrons. The van der Waals surface area contributed by atoms with E-state index in [-0.39, 0.29) is 16.5 Å². The van der Waals surface area contributed by atoms with Crippen LogP contribution in [0.4, 0.5) is 5.69 Å². The molecule has 4 nitrogen and oxygen atoms in total. The maximum absolute atomic E-state index is 12.0. The van der Waals surface area contributed by atoms with Crippen molar-refractivity contribution in [3.63, 3.8) is 0 Å². The summed E-state index contributed by atoms with van der Waals surface area (Å²) in [5.74, 6) is -0.831. The fraction of sp³-hybridized carbons (Fsp3) is 0.222. The number of para-hydroxylation sites is 1. The van der Waals surface area contributed by atoms with Crippen molar-refractivity contribution in [1.82, 2.24) is 0 Å². The molecule has 0 bridgehead atoms. The highest BCUT2D eigenvalue weighted by molar-refractivity contribution is 6.36. The van der Waals surface area contributed by atoms with Gasteiger partial charge >= 0.3 is 5.97 Å². The Labute approximate surface area is 150 Å². The van der Waals surface area contributed by atoms with E-state index in [1.807, 2.05) is 38.1 Å². The average Bonchev–Trinajstić information content (AvgIpc) is 2.53. The van der Waals surface area contributed by atoms with Crippen LogP contribution in [0, 0.1) is 0 Å². The molecule has 2 aromatic carbocycles. The fourth-order valence-corrected chi connectivity index (χ4v) is 2.65. The van der Waals surface area contributed by atoms with Gasteiger partial charge in [0.1, 0.15) is 0 Å². The van der Waals surface area contributed by atoms with Crippen LogP contribution >= 0.6 is 23.2 Å². The molecule has 0 aliphatic heterocycles. The zero-order valence-corrected chi connectivity index (χ0v) is 14.8. The third kappa shape index (κ3) is 4.73. The van der Waals surface area contributed by atoms with Gasteiger partial charge in [0.05, 0.1) is 10.6 Å². The summed E-state index contributed by atoms with van der Waals surface area (Å²) < 4.78 is 5.00. The number of benzene rings is 2. The van der Waals surface area contributed by atoms with E-state index in [1.54, 1.807) is 0 Å². The number of anilines is 1. The third-order valence-electron chi connectivity index (χ3n) is 3.34. The third-order valence-corrected chi connectivity index (χ3v) is 3.89. The normalized spacial score (nSPS) is 10.5. The molecule has 1 amide bonds. The molecule has 0 spiro atoms. The number of carbonyl (C=O) groups is 2. The SMILES string of the molecule is CC(C)c1ccccc1NC(=O)COC(=O)c1ccc(Cl)cc1Cl. The molecule has 0 aromatic heterocycles. The lowest BCUT2D eigenvalue weighted by molar-refractivity contribution is -0.119. The first-order chi connectivity index (χ1) is 11.4. The van der Waals surface area contributed by atoms with Crippen LogP contribution in [-0.2, 0) is 9.53 Å². The van der Waals surface area contributed by atoms with E-state index in [0.717, 1.165) is 5.56 Å². The van der Waals surface area contributed by atoms with Gasteiger partial charge in [0.15, 0.2) is 6.61 Å². The Balaban J connectivity index is 1.97. The summed E-state index contributed by atoms with van der Waals surface area (Å²) in [4.78, 5) is 24.0. The minimum absolute atomic E-state index is 0.163. The van der Waals surface area contributed by atoms with Gasteiger partial charge in [-0.15, -0.1) is 0 Å². The zero-order valence-electron chi connectivity index (χ0n) is 13.3. The Hall–Kier alpha value is -2.04. The molecule has 0 saturated carbocycles. The minimum Gasteiger partial charge on any atom is -0.452 e. The first kappa shape index (κ1) is 18.3. The van der Waals surface area contributed by atoms with Crippen molar-refractivity contribution in [3.05, 3.63) is 63.6 Å². The molecular formula is C18H17Cl2NO3. The molecular weight excluding hydrogens is 349 g/mol. The van der Waals surface area contributed by atoms with Crippen molar-refractivity contribution in [2.75, 3.05) is 11.9 Å². The molecule has 126 valence electrons. The van der Waals surface area contributed by atoms with E-state index in [1.165, 1.54) is 18.2 Å². The number of esters is 1. The van der Waals surface area contributed by atoms with Crippen LogP contribution in [0.1, 0.15) is 35.7 Å². The van der Waals surface area contributed by atoms with Gasteiger partial charge < -0.3 is 10.1 Å². The second-order valence-electron chi connectivity index (χ2n) is 5.49. The Kier molecular flexibility index (Phi) is 6.23. The molecule has 0 saturated heterocycles. The minimum atomic E-state index is -0.677. The lowest BCUT2D eigenvalue weighted by atomic mass is 10.0. The number of nitrogens with one attached hydrogen (secondary N) is 1. The van der Waals surface area contributed by atoms with Crippen molar-refractivity contribution in [1.29, 1.82) is 0 Å². The maximum Gasteiger partial charge on any atom is 0.340 e. The quantitative estimate of drug-likeness (QED) is 0.765.